The van der Waals surface area contributed by atoms with Crippen LogP contribution in [0, 0.1) is 0 Å². The Bertz CT molecular complexity index is 1150. The summed E-state index contributed by atoms with van der Waals surface area (Å²) in [7, 11) is -7.23. The Labute approximate surface area is 229 Å². The molecule has 0 saturated carbocycles. The van der Waals surface area contributed by atoms with Crippen molar-refractivity contribution in [2.75, 3.05) is 14.2 Å². The molecule has 0 fully saturated rings. The Morgan fingerprint density at radius 2 is 1.02 bits per heavy atom. The number of ether oxygens (including phenoxy) is 2. The molecule has 0 saturated heterocycles. The average molecular weight is 614 g/mol. The zero-order chi connectivity index (χ0) is 27.5. The number of hydrogen-bond acceptors (Lipinski definition) is 13. The van der Waals surface area contributed by atoms with Crippen molar-refractivity contribution in [1.82, 2.24) is 24.6 Å². The normalized spacial score (nSPS) is 10.6. The van der Waals surface area contributed by atoms with Gasteiger partial charge < -0.3 is 63.9 Å². The monoisotopic (exact) mass is 614 g/mol. The van der Waals surface area contributed by atoms with Gasteiger partial charge in [0.15, 0.2) is 34.6 Å². The Hall–Kier alpha value is -3.44. The molecular formula is C21H36N4O13P2. The van der Waals surface area contributed by atoms with Gasteiger partial charge in [0.05, 0.1) is 20.6 Å². The predicted octanol–water partition coefficient (Wildman–Crippen LogP) is 3.21. The van der Waals surface area contributed by atoms with Crippen LogP contribution >= 0.6 is 15.6 Å². The Kier molecular flexibility index (Phi) is 21.4. The summed E-state index contributed by atoms with van der Waals surface area (Å²) < 4.78 is 32.2. The number of phenols is 2. The van der Waals surface area contributed by atoms with Gasteiger partial charge in [0.2, 0.25) is 0 Å². The second-order valence-electron chi connectivity index (χ2n) is 6.70. The summed E-state index contributed by atoms with van der Waals surface area (Å²) in [6.45, 7) is 0. The lowest BCUT2D eigenvalue weighted by Crippen LogP contribution is -2.01. The molecule has 40 heavy (non-hydrogen) atoms. The molecule has 0 unspecified atom stereocenters. The largest absolute Gasteiger partial charge is 0.504 e. The highest BCUT2D eigenvalue weighted by molar-refractivity contribution is 7.60. The molecule has 18 N–H and O–H groups in total. The van der Waals surface area contributed by atoms with E-state index in [0.29, 0.717) is 22.6 Å². The summed E-state index contributed by atoms with van der Waals surface area (Å²) in [5.41, 5.74) is 1.33. The van der Waals surface area contributed by atoms with E-state index >= 15 is 0 Å². The standard InChI is InChI=1S/C21H20O6.4H3N.H4O7P2/c1-26-20-11-14(5-9-18(20)24)3-7-16(22)13-17(23)8-4-15-6-10-19(25)21(12-15)27-2;;;;;1-8(2,3)7-9(4,5)6/h3-12,24-25H,13H2,1-2H3;4*1H3;(H2,1,2,3)(H2,4,5,6). The SMILES string of the molecule is COc1cc(C=CC(=O)CC(=O)C=Cc2ccc(O)c(OC)c2)ccc1O.N.N.N.N.O=P(O)(O)OP(=O)(O)O. The van der Waals surface area contributed by atoms with Gasteiger partial charge in [0.25, 0.3) is 0 Å². The number of phenolic OH excluding ortho intramolecular Hbond substituents is 2. The number of methoxy groups -OCH3 is 2. The number of rotatable bonds is 10. The van der Waals surface area contributed by atoms with Crippen molar-refractivity contribution in [2.45, 2.75) is 6.42 Å². The maximum Gasteiger partial charge on any atom is 0.478 e. The molecular weight excluding hydrogens is 578 g/mol. The van der Waals surface area contributed by atoms with E-state index in [1.165, 1.54) is 38.5 Å². The summed E-state index contributed by atoms with van der Waals surface area (Å²) >= 11 is 0. The van der Waals surface area contributed by atoms with Gasteiger partial charge in [-0.25, -0.2) is 9.13 Å². The van der Waals surface area contributed by atoms with E-state index in [2.05, 4.69) is 4.31 Å². The van der Waals surface area contributed by atoms with Crippen molar-refractivity contribution in [3.8, 4) is 23.0 Å². The molecule has 2 rings (SSSR count). The highest BCUT2D eigenvalue weighted by atomic mass is 31.3. The van der Waals surface area contributed by atoms with Crippen LogP contribution in [-0.4, -0.2) is 55.6 Å². The van der Waals surface area contributed by atoms with Gasteiger partial charge in [-0.1, -0.05) is 24.3 Å². The maximum absolute atomic E-state index is 11.9. The van der Waals surface area contributed by atoms with Gasteiger partial charge in [-0.3, -0.25) is 9.59 Å². The summed E-state index contributed by atoms with van der Waals surface area (Å²) in [6.07, 6.45) is 5.44. The van der Waals surface area contributed by atoms with Crippen LogP contribution < -0.4 is 34.1 Å². The molecule has 0 aliphatic heterocycles. The maximum atomic E-state index is 11.9. The molecule has 2 aromatic carbocycles. The van der Waals surface area contributed by atoms with E-state index in [4.69, 9.17) is 29.0 Å². The van der Waals surface area contributed by atoms with Gasteiger partial charge in [-0.15, -0.1) is 0 Å². The van der Waals surface area contributed by atoms with Crippen molar-refractivity contribution in [2.24, 2.45) is 0 Å². The number of phosphoric acid groups is 2. The number of ketones is 2. The summed E-state index contributed by atoms with van der Waals surface area (Å²) in [4.78, 5) is 54.9. The van der Waals surface area contributed by atoms with Gasteiger partial charge in [0.1, 0.15) is 0 Å². The lowest BCUT2D eigenvalue weighted by molar-refractivity contribution is -0.121. The highest BCUT2D eigenvalue weighted by Crippen LogP contribution is 2.53. The fourth-order valence-electron chi connectivity index (χ4n) is 2.40. The van der Waals surface area contributed by atoms with Crippen LogP contribution in [0.15, 0.2) is 48.6 Å². The van der Waals surface area contributed by atoms with Crippen molar-refractivity contribution < 1.29 is 62.3 Å². The molecule has 228 valence electrons. The van der Waals surface area contributed by atoms with Gasteiger partial charge in [-0.2, -0.15) is 4.31 Å². The quantitative estimate of drug-likeness (QED) is 0.104. The zero-order valence-electron chi connectivity index (χ0n) is 21.7. The zero-order valence-corrected chi connectivity index (χ0v) is 23.5. The van der Waals surface area contributed by atoms with E-state index in [1.807, 2.05) is 0 Å². The molecule has 0 atom stereocenters. The molecule has 0 radical (unpaired) electrons. The summed E-state index contributed by atoms with van der Waals surface area (Å²) in [6, 6.07) is 9.34. The number of hydrogen-bond donors (Lipinski definition) is 10. The first-order chi connectivity index (χ1) is 16.6. The van der Waals surface area contributed by atoms with Crippen LogP contribution in [0.4, 0.5) is 0 Å². The fraction of sp³-hybridized carbons (Fsp3) is 0.143. The predicted molar refractivity (Wildman–Crippen MR) is 147 cm³/mol. The molecule has 0 aliphatic carbocycles. The number of carbonyl (C=O) groups excluding carboxylic acids is 2. The first kappa shape index (κ1) is 43.6. The summed E-state index contributed by atoms with van der Waals surface area (Å²) in [5.74, 6) is -0.0832. The number of carbonyl (C=O) groups is 2. The Balaban J connectivity index is -0.000000434. The smallest absolute Gasteiger partial charge is 0.478 e. The molecule has 19 heteroatoms. The van der Waals surface area contributed by atoms with Gasteiger partial charge in [-0.05, 0) is 47.5 Å². The second-order valence-corrected chi connectivity index (χ2v) is 9.32. The van der Waals surface area contributed by atoms with Gasteiger partial charge >= 0.3 is 15.6 Å². The molecule has 17 nitrogen and oxygen atoms in total. The number of benzene rings is 2. The molecule has 0 aliphatic rings. The minimum atomic E-state index is -5.05. The first-order valence-electron chi connectivity index (χ1n) is 9.62. The first-order valence-corrected chi connectivity index (χ1v) is 12.7. The van der Waals surface area contributed by atoms with Crippen molar-refractivity contribution in [1.29, 1.82) is 0 Å². The van der Waals surface area contributed by atoms with Crippen molar-refractivity contribution in [3.63, 3.8) is 0 Å². The van der Waals surface area contributed by atoms with Crippen LogP contribution in [0.2, 0.25) is 0 Å². The van der Waals surface area contributed by atoms with Crippen molar-refractivity contribution >= 4 is 39.4 Å². The lowest BCUT2D eigenvalue weighted by Gasteiger charge is -2.03. The van der Waals surface area contributed by atoms with Crippen LogP contribution in [0.1, 0.15) is 17.5 Å². The van der Waals surface area contributed by atoms with Crippen LogP contribution in [0.5, 0.6) is 23.0 Å². The van der Waals surface area contributed by atoms with E-state index in [-0.39, 0.29) is 54.1 Å². The molecule has 0 aromatic heterocycles. The molecule has 0 bridgehead atoms. The molecule has 0 heterocycles. The van der Waals surface area contributed by atoms with Crippen LogP contribution in [0.3, 0.4) is 0 Å². The molecule has 0 spiro atoms. The number of allylic oxidation sites excluding steroid dienone is 2. The van der Waals surface area contributed by atoms with E-state index in [1.54, 1.807) is 36.4 Å². The van der Waals surface area contributed by atoms with Gasteiger partial charge in [0, 0.05) is 0 Å². The number of aromatic hydroxyl groups is 2. The van der Waals surface area contributed by atoms with E-state index in [9.17, 15) is 28.9 Å². The third-order valence-electron chi connectivity index (χ3n) is 3.89. The molecule has 2 aromatic rings. The fourth-order valence-corrected chi connectivity index (χ4v) is 3.51. The Morgan fingerprint density at radius 3 is 1.27 bits per heavy atom. The topological polar surface area (TPSA) is 357 Å². The van der Waals surface area contributed by atoms with Crippen molar-refractivity contribution in [3.05, 3.63) is 59.7 Å². The molecule has 0 amide bonds. The third kappa shape index (κ3) is 18.0. The minimum Gasteiger partial charge on any atom is -0.504 e. The Morgan fingerprint density at radius 1 is 0.700 bits per heavy atom. The minimum absolute atomic E-state index is 0. The average Bonchev–Trinajstić information content (AvgIpc) is 2.76. The van der Waals surface area contributed by atoms with E-state index < -0.39 is 15.6 Å². The van der Waals surface area contributed by atoms with Crippen LogP contribution in [-0.2, 0) is 23.0 Å². The second kappa shape index (κ2) is 19.6. The summed E-state index contributed by atoms with van der Waals surface area (Å²) in [5, 5.41) is 19.1. The third-order valence-corrected chi connectivity index (χ3v) is 5.59. The van der Waals surface area contributed by atoms with E-state index in [0.717, 1.165) is 0 Å². The van der Waals surface area contributed by atoms with Crippen LogP contribution in [0.25, 0.3) is 12.2 Å². The lowest BCUT2D eigenvalue weighted by atomic mass is 10.1. The highest BCUT2D eigenvalue weighted by Gasteiger charge is 2.27.